The van der Waals surface area contributed by atoms with E-state index in [1.54, 1.807) is 6.92 Å². The van der Waals surface area contributed by atoms with Crippen molar-refractivity contribution in [2.45, 2.75) is 20.1 Å². The van der Waals surface area contributed by atoms with Gasteiger partial charge in [0.25, 0.3) is 5.91 Å². The van der Waals surface area contributed by atoms with E-state index in [4.69, 9.17) is 0 Å². The highest BCUT2D eigenvalue weighted by atomic mass is 32.2. The zero-order chi connectivity index (χ0) is 21.0. The minimum absolute atomic E-state index is 0.0648. The summed E-state index contributed by atoms with van der Waals surface area (Å²) < 4.78 is 24.8. The molecule has 0 aliphatic rings. The highest BCUT2D eigenvalue weighted by Gasteiger charge is 2.23. The van der Waals surface area contributed by atoms with Gasteiger partial charge >= 0.3 is 0 Å². The monoisotopic (exact) mass is 431 g/mol. The molecule has 3 rings (SSSR count). The van der Waals surface area contributed by atoms with Gasteiger partial charge in [0.1, 0.15) is 5.69 Å². The molecule has 9 heteroatoms. The third kappa shape index (κ3) is 5.20. The molecule has 0 aliphatic heterocycles. The molecule has 0 saturated heterocycles. The minimum atomic E-state index is -3.69. The Balaban J connectivity index is 2.05. The smallest absolute Gasteiger partial charge is 0.284 e. The Labute approximate surface area is 173 Å². The van der Waals surface area contributed by atoms with Crippen LogP contribution in [0.3, 0.4) is 0 Å². The first-order valence-electron chi connectivity index (χ1n) is 8.78. The number of thiazole rings is 1. The van der Waals surface area contributed by atoms with E-state index in [0.717, 1.165) is 23.1 Å². The number of benzene rings is 2. The molecule has 1 heterocycles. The zero-order valence-corrected chi connectivity index (χ0v) is 17.6. The van der Waals surface area contributed by atoms with Crippen molar-refractivity contribution < 1.29 is 18.3 Å². The van der Waals surface area contributed by atoms with E-state index in [9.17, 15) is 18.3 Å². The molecular formula is C20H21N3O4S2. The Morgan fingerprint density at radius 1 is 1.14 bits per heavy atom. The predicted octanol–water partition coefficient (Wildman–Crippen LogP) is 2.97. The number of aryl methyl sites for hydroxylation is 1. The average Bonchev–Trinajstić information content (AvgIpc) is 3.07. The van der Waals surface area contributed by atoms with Crippen molar-refractivity contribution in [1.82, 2.24) is 9.71 Å². The van der Waals surface area contributed by atoms with Gasteiger partial charge in [-0.3, -0.25) is 4.79 Å². The van der Waals surface area contributed by atoms with E-state index < -0.39 is 15.9 Å². The topological polar surface area (TPSA) is 99.6 Å². The fourth-order valence-corrected chi connectivity index (χ4v) is 4.21. The number of hydrogen-bond acceptors (Lipinski definition) is 7. The van der Waals surface area contributed by atoms with Crippen molar-refractivity contribution in [1.29, 1.82) is 0 Å². The van der Waals surface area contributed by atoms with E-state index in [1.165, 1.54) is 11.3 Å². The van der Waals surface area contributed by atoms with Crippen LogP contribution in [0.4, 0.5) is 10.8 Å². The summed E-state index contributed by atoms with van der Waals surface area (Å²) in [5, 5.41) is 10.3. The van der Waals surface area contributed by atoms with Crippen LogP contribution < -0.4 is 9.62 Å². The molecule has 152 valence electrons. The first kappa shape index (κ1) is 21.0. The number of aliphatic hydroxyl groups excluding tert-OH is 1. The normalized spacial score (nSPS) is 11.3. The van der Waals surface area contributed by atoms with Crippen molar-refractivity contribution in [3.63, 3.8) is 0 Å². The second-order valence-corrected chi connectivity index (χ2v) is 9.39. The fraction of sp³-hybridized carbons (Fsp3) is 0.200. The molecular weight excluding hydrogens is 410 g/mol. The van der Waals surface area contributed by atoms with Crippen LogP contribution >= 0.6 is 11.3 Å². The van der Waals surface area contributed by atoms with Gasteiger partial charge in [0.05, 0.1) is 19.4 Å². The first-order chi connectivity index (χ1) is 13.8. The van der Waals surface area contributed by atoms with Crippen LogP contribution in [0.2, 0.25) is 0 Å². The predicted molar refractivity (Wildman–Crippen MR) is 114 cm³/mol. The molecule has 2 aromatic carbocycles. The first-order valence-corrected chi connectivity index (χ1v) is 11.5. The van der Waals surface area contributed by atoms with Crippen molar-refractivity contribution in [2.75, 3.05) is 11.2 Å². The van der Waals surface area contributed by atoms with Crippen LogP contribution in [0.25, 0.3) is 0 Å². The molecule has 3 aromatic rings. The number of hydrogen-bond donors (Lipinski definition) is 2. The molecule has 0 bridgehead atoms. The molecule has 0 fully saturated rings. The van der Waals surface area contributed by atoms with E-state index in [1.807, 2.05) is 64.2 Å². The van der Waals surface area contributed by atoms with E-state index in [-0.39, 0.29) is 12.3 Å². The summed E-state index contributed by atoms with van der Waals surface area (Å²) in [7, 11) is -3.69. The molecule has 1 amide bonds. The summed E-state index contributed by atoms with van der Waals surface area (Å²) in [5.41, 5.74) is 2.58. The number of anilines is 2. The Bertz CT molecular complexity index is 1110. The lowest BCUT2D eigenvalue weighted by Crippen LogP contribution is -2.30. The summed E-state index contributed by atoms with van der Waals surface area (Å²) in [6.45, 7) is 2.04. The van der Waals surface area contributed by atoms with Crippen LogP contribution in [0.15, 0.2) is 54.6 Å². The van der Waals surface area contributed by atoms with Crippen LogP contribution in [-0.4, -0.2) is 30.7 Å². The number of carbonyl (C=O) groups excluding carboxylic acids is 1. The van der Waals surface area contributed by atoms with Crippen LogP contribution in [0.1, 0.15) is 26.5 Å². The maximum absolute atomic E-state index is 12.3. The molecule has 0 unspecified atom stereocenters. The summed E-state index contributed by atoms with van der Waals surface area (Å²) in [4.78, 5) is 19.3. The lowest BCUT2D eigenvalue weighted by atomic mass is 10.1. The highest BCUT2D eigenvalue weighted by Crippen LogP contribution is 2.35. The van der Waals surface area contributed by atoms with Gasteiger partial charge in [-0.15, -0.1) is 11.3 Å². The van der Waals surface area contributed by atoms with Gasteiger partial charge in [-0.2, -0.15) is 0 Å². The molecule has 0 spiro atoms. The highest BCUT2D eigenvalue weighted by molar-refractivity contribution is 7.89. The number of rotatable bonds is 7. The Morgan fingerprint density at radius 2 is 1.79 bits per heavy atom. The van der Waals surface area contributed by atoms with Gasteiger partial charge in [0, 0.05) is 16.1 Å². The van der Waals surface area contributed by atoms with Gasteiger partial charge < -0.3 is 10.0 Å². The van der Waals surface area contributed by atoms with Crippen LogP contribution in [0, 0.1) is 6.92 Å². The zero-order valence-electron chi connectivity index (χ0n) is 16.0. The van der Waals surface area contributed by atoms with Gasteiger partial charge in [-0.05, 0) is 18.6 Å². The summed E-state index contributed by atoms with van der Waals surface area (Å²) in [5.74, 6) is -0.761. The second kappa shape index (κ2) is 8.73. The third-order valence-electron chi connectivity index (χ3n) is 4.15. The molecule has 0 radical (unpaired) electrons. The molecule has 1 aromatic heterocycles. The second-order valence-electron chi connectivity index (χ2n) is 6.46. The van der Waals surface area contributed by atoms with Gasteiger partial charge in [-0.25, -0.2) is 18.1 Å². The number of aromatic nitrogens is 1. The number of sulfonamides is 1. The molecule has 7 nitrogen and oxygen atoms in total. The van der Waals surface area contributed by atoms with Gasteiger partial charge in [0.15, 0.2) is 5.13 Å². The number of para-hydroxylation sites is 1. The largest absolute Gasteiger partial charge is 0.392 e. The number of carbonyl (C=O) groups is 1. The lowest BCUT2D eigenvalue weighted by molar-refractivity contribution is 0.0977. The number of aliphatic hydroxyl groups is 1. The number of amides is 1. The number of nitrogens with zero attached hydrogens (tertiary/aromatic N) is 2. The quantitative estimate of drug-likeness (QED) is 0.597. The fourth-order valence-electron chi connectivity index (χ4n) is 2.85. The van der Waals surface area contributed by atoms with Crippen LogP contribution in [-0.2, 0) is 23.2 Å². The average molecular weight is 432 g/mol. The molecule has 0 aliphatic carbocycles. The lowest BCUT2D eigenvalue weighted by Gasteiger charge is -2.24. The molecule has 29 heavy (non-hydrogen) atoms. The third-order valence-corrected chi connectivity index (χ3v) is 5.70. The molecule has 2 N–H and O–H groups in total. The van der Waals surface area contributed by atoms with Crippen molar-refractivity contribution in [2.24, 2.45) is 0 Å². The van der Waals surface area contributed by atoms with Crippen molar-refractivity contribution >= 4 is 38.1 Å². The Hall–Kier alpha value is -2.75. The maximum atomic E-state index is 12.3. The van der Waals surface area contributed by atoms with E-state index in [2.05, 4.69) is 4.98 Å². The molecule has 0 saturated carbocycles. The van der Waals surface area contributed by atoms with Crippen molar-refractivity contribution in [3.8, 4) is 0 Å². The van der Waals surface area contributed by atoms with E-state index >= 15 is 0 Å². The SMILES string of the molecule is Cc1sc(N(Cc2ccccc2)c2ccccc2CO)nc1C(=O)NS(C)(=O)=O. The number of nitrogens with one attached hydrogen (secondary N) is 1. The summed E-state index contributed by atoms with van der Waals surface area (Å²) in [6.07, 6.45) is 0.923. The maximum Gasteiger partial charge on any atom is 0.284 e. The minimum Gasteiger partial charge on any atom is -0.392 e. The van der Waals surface area contributed by atoms with E-state index in [0.29, 0.717) is 16.6 Å². The van der Waals surface area contributed by atoms with Gasteiger partial charge in [-0.1, -0.05) is 48.5 Å². The van der Waals surface area contributed by atoms with Crippen molar-refractivity contribution in [3.05, 3.63) is 76.3 Å². The summed E-state index contributed by atoms with van der Waals surface area (Å²) >= 11 is 1.29. The van der Waals surface area contributed by atoms with Crippen LogP contribution in [0.5, 0.6) is 0 Å². The Morgan fingerprint density at radius 3 is 2.45 bits per heavy atom. The molecule has 0 atom stereocenters. The summed E-state index contributed by atoms with van der Waals surface area (Å²) in [6, 6.07) is 17.2. The van der Waals surface area contributed by atoms with Gasteiger partial charge in [0.2, 0.25) is 10.0 Å². The standard InChI is InChI=1S/C20H21N3O4S2/c1-14-18(19(25)22-29(2,26)27)21-20(28-14)23(12-15-8-4-3-5-9-15)17-11-7-6-10-16(17)13-24/h3-11,24H,12-13H2,1-2H3,(H,22,25). The Kier molecular flexibility index (Phi) is 6.31.